The quantitative estimate of drug-likeness (QED) is 0.705. The molecule has 0 spiro atoms. The van der Waals surface area contributed by atoms with Crippen molar-refractivity contribution in [2.45, 2.75) is 57.7 Å². The summed E-state index contributed by atoms with van der Waals surface area (Å²) in [6.07, 6.45) is 5.40. The van der Waals surface area contributed by atoms with Gasteiger partial charge in [0.15, 0.2) is 0 Å². The molecule has 0 aliphatic heterocycles. The highest BCUT2D eigenvalue weighted by molar-refractivity contribution is 4.88. The molecule has 1 aliphatic rings. The Labute approximate surface area is 107 Å². The summed E-state index contributed by atoms with van der Waals surface area (Å²) in [5.74, 6) is 0.802. The fourth-order valence-electron chi connectivity index (χ4n) is 2.82. The third-order valence-electron chi connectivity index (χ3n) is 4.30. The van der Waals surface area contributed by atoms with Gasteiger partial charge in [-0.05, 0) is 32.9 Å². The first-order chi connectivity index (χ1) is 8.12. The Balaban J connectivity index is 2.30. The van der Waals surface area contributed by atoms with Crippen molar-refractivity contribution in [1.29, 1.82) is 0 Å². The van der Waals surface area contributed by atoms with E-state index < -0.39 is 0 Å². The van der Waals surface area contributed by atoms with Crippen molar-refractivity contribution in [2.75, 3.05) is 27.7 Å². The van der Waals surface area contributed by atoms with Crippen molar-refractivity contribution >= 4 is 0 Å². The molecule has 0 saturated heterocycles. The van der Waals surface area contributed by atoms with Gasteiger partial charge in [0.05, 0.1) is 6.10 Å². The fraction of sp³-hybridized carbons (Fsp3) is 1.00. The van der Waals surface area contributed by atoms with E-state index in [9.17, 15) is 0 Å². The first kappa shape index (κ1) is 14.9. The van der Waals surface area contributed by atoms with E-state index in [0.29, 0.717) is 18.2 Å². The van der Waals surface area contributed by atoms with Gasteiger partial charge in [0.2, 0.25) is 0 Å². The summed E-state index contributed by atoms with van der Waals surface area (Å²) in [7, 11) is 6.21. The highest BCUT2D eigenvalue weighted by Crippen LogP contribution is 2.23. The lowest BCUT2D eigenvalue weighted by molar-refractivity contribution is 0.0148. The molecule has 0 aromatic heterocycles. The van der Waals surface area contributed by atoms with Gasteiger partial charge >= 0.3 is 0 Å². The van der Waals surface area contributed by atoms with Crippen LogP contribution in [0.25, 0.3) is 0 Å². The first-order valence-electron chi connectivity index (χ1n) is 7.04. The number of hydrogen-bond donors (Lipinski definition) is 1. The zero-order valence-electron chi connectivity index (χ0n) is 12.2. The molecule has 0 bridgehead atoms. The summed E-state index contributed by atoms with van der Waals surface area (Å²) < 4.78 is 5.31. The fourth-order valence-corrected chi connectivity index (χ4v) is 2.82. The van der Waals surface area contributed by atoms with Crippen LogP contribution in [0.2, 0.25) is 0 Å². The summed E-state index contributed by atoms with van der Waals surface area (Å²) in [5.41, 5.74) is 0. The topological polar surface area (TPSA) is 24.5 Å². The molecule has 1 atom stereocenters. The minimum absolute atomic E-state index is 0.499. The number of likely N-dealkylation sites (N-methyl/N-ethyl adjacent to an activating group) is 1. The Morgan fingerprint density at radius 1 is 1.24 bits per heavy atom. The molecule has 3 nitrogen and oxygen atoms in total. The van der Waals surface area contributed by atoms with E-state index in [1.54, 1.807) is 0 Å². The molecule has 102 valence electrons. The van der Waals surface area contributed by atoms with Crippen molar-refractivity contribution < 1.29 is 4.74 Å². The average molecular weight is 242 g/mol. The van der Waals surface area contributed by atoms with Gasteiger partial charge in [-0.15, -0.1) is 0 Å². The van der Waals surface area contributed by atoms with Gasteiger partial charge < -0.3 is 15.0 Å². The molecule has 1 unspecified atom stereocenters. The van der Waals surface area contributed by atoms with Gasteiger partial charge in [-0.2, -0.15) is 0 Å². The smallest absolute Gasteiger partial charge is 0.0601 e. The lowest BCUT2D eigenvalue weighted by Crippen LogP contribution is -2.51. The zero-order valence-corrected chi connectivity index (χ0v) is 12.2. The molecular weight excluding hydrogens is 212 g/mol. The number of nitrogens with one attached hydrogen (secondary N) is 1. The van der Waals surface area contributed by atoms with Gasteiger partial charge in [0.1, 0.15) is 0 Å². The number of nitrogens with zero attached hydrogens (tertiary/aromatic N) is 1. The Morgan fingerprint density at radius 3 is 2.24 bits per heavy atom. The zero-order chi connectivity index (χ0) is 12.8. The van der Waals surface area contributed by atoms with Crippen LogP contribution in [0.4, 0.5) is 0 Å². The molecular formula is C14H30N2O. The number of methoxy groups -OCH3 is 1. The van der Waals surface area contributed by atoms with Gasteiger partial charge in [0.25, 0.3) is 0 Å². The van der Waals surface area contributed by atoms with Crippen molar-refractivity contribution in [3.63, 3.8) is 0 Å². The molecule has 0 amide bonds. The Hall–Kier alpha value is -0.120. The van der Waals surface area contributed by atoms with E-state index in [0.717, 1.165) is 12.5 Å². The predicted molar refractivity (Wildman–Crippen MR) is 73.4 cm³/mol. The maximum absolute atomic E-state index is 5.31. The Bertz CT molecular complexity index is 198. The summed E-state index contributed by atoms with van der Waals surface area (Å²) in [4.78, 5) is 2.37. The SMILES string of the molecule is CCC(CC)C(CNC1CC(OC)C1)N(C)C. The van der Waals surface area contributed by atoms with Crippen molar-refractivity contribution in [3.05, 3.63) is 0 Å². The van der Waals surface area contributed by atoms with Gasteiger partial charge in [-0.25, -0.2) is 0 Å². The van der Waals surface area contributed by atoms with Crippen LogP contribution < -0.4 is 5.32 Å². The van der Waals surface area contributed by atoms with Crippen molar-refractivity contribution in [2.24, 2.45) is 5.92 Å². The van der Waals surface area contributed by atoms with E-state index in [4.69, 9.17) is 4.74 Å². The van der Waals surface area contributed by atoms with E-state index >= 15 is 0 Å². The van der Waals surface area contributed by atoms with Crippen LogP contribution in [-0.4, -0.2) is 50.8 Å². The standard InChI is InChI=1S/C14H30N2O/c1-6-11(7-2)14(16(3)4)10-15-12-8-13(9-12)17-5/h11-15H,6-10H2,1-5H3. The van der Waals surface area contributed by atoms with Crippen LogP contribution in [-0.2, 0) is 4.74 Å². The molecule has 0 aromatic rings. The molecule has 17 heavy (non-hydrogen) atoms. The normalized spacial score (nSPS) is 26.3. The second kappa shape index (κ2) is 7.34. The first-order valence-corrected chi connectivity index (χ1v) is 7.04. The molecule has 3 heteroatoms. The third-order valence-corrected chi connectivity index (χ3v) is 4.30. The minimum atomic E-state index is 0.499. The predicted octanol–water partition coefficient (Wildman–Crippen LogP) is 2.12. The number of rotatable bonds is 8. The second-order valence-electron chi connectivity index (χ2n) is 5.54. The molecule has 1 aliphatic carbocycles. The monoisotopic (exact) mass is 242 g/mol. The van der Waals surface area contributed by atoms with E-state index in [-0.39, 0.29) is 0 Å². The van der Waals surface area contributed by atoms with Crippen LogP contribution in [0.1, 0.15) is 39.5 Å². The number of hydrogen-bond acceptors (Lipinski definition) is 3. The number of ether oxygens (including phenoxy) is 1. The molecule has 1 rings (SSSR count). The van der Waals surface area contributed by atoms with Crippen LogP contribution in [0.15, 0.2) is 0 Å². The lowest BCUT2D eigenvalue weighted by Gasteiger charge is -2.38. The van der Waals surface area contributed by atoms with Gasteiger partial charge in [-0.3, -0.25) is 0 Å². The maximum Gasteiger partial charge on any atom is 0.0601 e. The van der Waals surface area contributed by atoms with Crippen molar-refractivity contribution in [3.8, 4) is 0 Å². The minimum Gasteiger partial charge on any atom is -0.381 e. The average Bonchev–Trinajstić information content (AvgIpc) is 2.25. The van der Waals surface area contributed by atoms with E-state index in [1.165, 1.54) is 25.7 Å². The summed E-state index contributed by atoms with van der Waals surface area (Å²) in [6.45, 7) is 5.71. The highest BCUT2D eigenvalue weighted by atomic mass is 16.5. The Morgan fingerprint density at radius 2 is 1.82 bits per heavy atom. The summed E-state index contributed by atoms with van der Waals surface area (Å²) >= 11 is 0. The largest absolute Gasteiger partial charge is 0.381 e. The van der Waals surface area contributed by atoms with Gasteiger partial charge in [-0.1, -0.05) is 26.7 Å². The van der Waals surface area contributed by atoms with Crippen LogP contribution in [0.3, 0.4) is 0 Å². The summed E-state index contributed by atoms with van der Waals surface area (Å²) in [6, 6.07) is 1.34. The molecule has 0 radical (unpaired) electrons. The molecule has 1 saturated carbocycles. The third kappa shape index (κ3) is 4.23. The van der Waals surface area contributed by atoms with E-state index in [1.807, 2.05) is 7.11 Å². The van der Waals surface area contributed by atoms with E-state index in [2.05, 4.69) is 38.2 Å². The molecule has 0 aromatic carbocycles. The summed E-state index contributed by atoms with van der Waals surface area (Å²) in [5, 5.41) is 3.69. The van der Waals surface area contributed by atoms with Crippen LogP contribution >= 0.6 is 0 Å². The molecule has 0 heterocycles. The molecule has 1 N–H and O–H groups in total. The maximum atomic E-state index is 5.31. The van der Waals surface area contributed by atoms with Crippen molar-refractivity contribution in [1.82, 2.24) is 10.2 Å². The Kier molecular flexibility index (Phi) is 6.45. The van der Waals surface area contributed by atoms with Crippen LogP contribution in [0, 0.1) is 5.92 Å². The highest BCUT2D eigenvalue weighted by Gasteiger charge is 2.30. The second-order valence-corrected chi connectivity index (χ2v) is 5.54. The molecule has 1 fully saturated rings. The van der Waals surface area contributed by atoms with Gasteiger partial charge in [0, 0.05) is 25.7 Å². The lowest BCUT2D eigenvalue weighted by atomic mass is 9.88. The van der Waals surface area contributed by atoms with Crippen LogP contribution in [0.5, 0.6) is 0 Å².